The number of hydrazine groups is 1. The monoisotopic (exact) mass is 257 g/mol. The van der Waals surface area contributed by atoms with Gasteiger partial charge in [-0.2, -0.15) is 5.10 Å². The van der Waals surface area contributed by atoms with Crippen molar-refractivity contribution in [1.29, 1.82) is 0 Å². The molecule has 18 heavy (non-hydrogen) atoms. The summed E-state index contributed by atoms with van der Waals surface area (Å²) < 4.78 is 1.82. The maximum Gasteiger partial charge on any atom is 0.197 e. The number of nitrogens with two attached hydrogens (primary N) is 1. The van der Waals surface area contributed by atoms with Crippen LogP contribution < -0.4 is 11.3 Å². The highest BCUT2D eigenvalue weighted by atomic mass is 32.1. The highest BCUT2D eigenvalue weighted by molar-refractivity contribution is 7.14. The molecule has 0 atom stereocenters. The third kappa shape index (κ3) is 1.99. The summed E-state index contributed by atoms with van der Waals surface area (Å²) in [7, 11) is 0. The first kappa shape index (κ1) is 10.9. The summed E-state index contributed by atoms with van der Waals surface area (Å²) in [5, 5.41) is 6.97. The molecule has 0 aliphatic rings. The molecular formula is C12H11N5S. The minimum Gasteiger partial charge on any atom is -0.300 e. The van der Waals surface area contributed by atoms with Gasteiger partial charge in [-0.15, -0.1) is 11.3 Å². The van der Waals surface area contributed by atoms with Gasteiger partial charge in [0.25, 0.3) is 0 Å². The van der Waals surface area contributed by atoms with Gasteiger partial charge >= 0.3 is 0 Å². The summed E-state index contributed by atoms with van der Waals surface area (Å²) in [4.78, 5) is 4.34. The van der Waals surface area contributed by atoms with Crippen LogP contribution >= 0.6 is 11.3 Å². The van der Waals surface area contributed by atoms with Gasteiger partial charge in [0.2, 0.25) is 0 Å². The number of para-hydroxylation sites is 1. The van der Waals surface area contributed by atoms with Gasteiger partial charge in [-0.25, -0.2) is 15.5 Å². The smallest absolute Gasteiger partial charge is 0.197 e. The molecule has 0 radical (unpaired) electrons. The van der Waals surface area contributed by atoms with E-state index in [1.165, 1.54) is 11.3 Å². The minimum atomic E-state index is 0.692. The summed E-state index contributed by atoms with van der Waals surface area (Å²) in [5.41, 5.74) is 5.40. The third-order valence-electron chi connectivity index (χ3n) is 2.53. The van der Waals surface area contributed by atoms with E-state index in [2.05, 4.69) is 15.5 Å². The largest absolute Gasteiger partial charge is 0.300 e. The SMILES string of the molecule is NNc1nc(-c2cnn(-c3ccccc3)c2)cs1. The average molecular weight is 257 g/mol. The molecule has 90 valence electrons. The Morgan fingerprint density at radius 2 is 2.06 bits per heavy atom. The van der Waals surface area contributed by atoms with E-state index in [1.54, 1.807) is 6.20 Å². The van der Waals surface area contributed by atoms with Crippen LogP contribution in [0, 0.1) is 0 Å². The van der Waals surface area contributed by atoms with Gasteiger partial charge in [-0.05, 0) is 12.1 Å². The Bertz CT molecular complexity index is 643. The van der Waals surface area contributed by atoms with Gasteiger partial charge < -0.3 is 0 Å². The molecule has 0 unspecified atom stereocenters. The van der Waals surface area contributed by atoms with Crippen molar-refractivity contribution in [3.8, 4) is 16.9 Å². The van der Waals surface area contributed by atoms with E-state index < -0.39 is 0 Å². The van der Waals surface area contributed by atoms with Crippen molar-refractivity contribution in [3.05, 3.63) is 48.1 Å². The Kier molecular flexibility index (Phi) is 2.79. The Balaban J connectivity index is 1.94. The molecule has 2 aromatic heterocycles. The van der Waals surface area contributed by atoms with Gasteiger partial charge in [-0.3, -0.25) is 5.43 Å². The van der Waals surface area contributed by atoms with E-state index in [-0.39, 0.29) is 0 Å². The Morgan fingerprint density at radius 3 is 2.78 bits per heavy atom. The van der Waals surface area contributed by atoms with Gasteiger partial charge in [0.1, 0.15) is 0 Å². The third-order valence-corrected chi connectivity index (χ3v) is 3.30. The van der Waals surface area contributed by atoms with Gasteiger partial charge in [0.15, 0.2) is 5.13 Å². The summed E-state index contributed by atoms with van der Waals surface area (Å²) in [6, 6.07) is 9.95. The molecule has 0 aliphatic heterocycles. The predicted octanol–water partition coefficient (Wildman–Crippen LogP) is 2.28. The van der Waals surface area contributed by atoms with Crippen LogP contribution in [0.2, 0.25) is 0 Å². The topological polar surface area (TPSA) is 68.8 Å². The number of aromatic nitrogens is 3. The fraction of sp³-hybridized carbons (Fsp3) is 0. The van der Waals surface area contributed by atoms with E-state index in [1.807, 2.05) is 46.6 Å². The molecule has 0 saturated heterocycles. The molecule has 0 aliphatic carbocycles. The lowest BCUT2D eigenvalue weighted by atomic mass is 10.3. The van der Waals surface area contributed by atoms with E-state index in [0.717, 1.165) is 16.9 Å². The zero-order valence-corrected chi connectivity index (χ0v) is 10.3. The highest BCUT2D eigenvalue weighted by Gasteiger charge is 2.07. The number of nitrogens with zero attached hydrogens (tertiary/aromatic N) is 3. The molecule has 0 spiro atoms. The molecule has 0 amide bonds. The molecular weight excluding hydrogens is 246 g/mol. The predicted molar refractivity (Wildman–Crippen MR) is 72.5 cm³/mol. The number of hydrogen-bond acceptors (Lipinski definition) is 5. The van der Waals surface area contributed by atoms with Crippen molar-refractivity contribution in [2.75, 3.05) is 5.43 Å². The van der Waals surface area contributed by atoms with Crippen LogP contribution in [-0.4, -0.2) is 14.8 Å². The molecule has 5 nitrogen and oxygen atoms in total. The summed E-state index contributed by atoms with van der Waals surface area (Å²) in [6.07, 6.45) is 3.74. The number of thiazole rings is 1. The lowest BCUT2D eigenvalue weighted by molar-refractivity contribution is 0.881. The summed E-state index contributed by atoms with van der Waals surface area (Å²) in [6.45, 7) is 0. The van der Waals surface area contributed by atoms with Crippen molar-refractivity contribution in [2.45, 2.75) is 0 Å². The zero-order chi connectivity index (χ0) is 12.4. The molecule has 3 rings (SSSR count). The fourth-order valence-electron chi connectivity index (χ4n) is 1.65. The molecule has 3 N–H and O–H groups in total. The number of anilines is 1. The van der Waals surface area contributed by atoms with E-state index in [4.69, 9.17) is 5.84 Å². The molecule has 0 saturated carbocycles. The van der Waals surface area contributed by atoms with Crippen molar-refractivity contribution >= 4 is 16.5 Å². The standard InChI is InChI=1S/C12H11N5S/c13-16-12-15-11(8-18-12)9-6-14-17(7-9)10-4-2-1-3-5-10/h1-8H,13H2,(H,15,16). The van der Waals surface area contributed by atoms with E-state index >= 15 is 0 Å². The molecule has 6 heteroatoms. The summed E-state index contributed by atoms with van der Waals surface area (Å²) >= 11 is 1.47. The van der Waals surface area contributed by atoms with Crippen molar-refractivity contribution < 1.29 is 0 Å². The van der Waals surface area contributed by atoms with Gasteiger partial charge in [0, 0.05) is 17.1 Å². The first-order chi connectivity index (χ1) is 8.86. The number of hydrogen-bond donors (Lipinski definition) is 2. The van der Waals surface area contributed by atoms with Crippen molar-refractivity contribution in [3.63, 3.8) is 0 Å². The molecule has 1 aromatic carbocycles. The second kappa shape index (κ2) is 4.59. The Hall–Kier alpha value is -2.18. The minimum absolute atomic E-state index is 0.692. The van der Waals surface area contributed by atoms with Crippen LogP contribution in [0.3, 0.4) is 0 Å². The molecule has 3 aromatic rings. The second-order valence-electron chi connectivity index (χ2n) is 3.69. The van der Waals surface area contributed by atoms with Crippen molar-refractivity contribution in [1.82, 2.24) is 14.8 Å². The number of nitrogen functional groups attached to an aromatic ring is 1. The maximum atomic E-state index is 5.31. The van der Waals surface area contributed by atoms with E-state index in [0.29, 0.717) is 5.13 Å². The molecule has 0 bridgehead atoms. The highest BCUT2D eigenvalue weighted by Crippen LogP contribution is 2.24. The molecule has 0 fully saturated rings. The Labute approximate surface area is 108 Å². The quantitative estimate of drug-likeness (QED) is 0.558. The first-order valence-electron chi connectivity index (χ1n) is 5.39. The summed E-state index contributed by atoms with van der Waals surface area (Å²) in [5.74, 6) is 5.31. The van der Waals surface area contributed by atoms with Crippen LogP contribution in [0.5, 0.6) is 0 Å². The van der Waals surface area contributed by atoms with Crippen LogP contribution in [-0.2, 0) is 0 Å². The van der Waals surface area contributed by atoms with E-state index in [9.17, 15) is 0 Å². The number of rotatable bonds is 3. The fourth-order valence-corrected chi connectivity index (χ4v) is 2.28. The van der Waals surface area contributed by atoms with Crippen LogP contribution in [0.1, 0.15) is 0 Å². The number of nitrogens with one attached hydrogen (secondary N) is 1. The van der Waals surface area contributed by atoms with Crippen LogP contribution in [0.15, 0.2) is 48.1 Å². The van der Waals surface area contributed by atoms with Crippen LogP contribution in [0.4, 0.5) is 5.13 Å². The maximum absolute atomic E-state index is 5.31. The second-order valence-corrected chi connectivity index (χ2v) is 4.55. The van der Waals surface area contributed by atoms with Gasteiger partial charge in [-0.1, -0.05) is 18.2 Å². The number of benzene rings is 1. The lowest BCUT2D eigenvalue weighted by Gasteiger charge is -1.98. The Morgan fingerprint density at radius 1 is 1.22 bits per heavy atom. The van der Waals surface area contributed by atoms with Crippen molar-refractivity contribution in [2.24, 2.45) is 5.84 Å². The first-order valence-corrected chi connectivity index (χ1v) is 6.27. The zero-order valence-electron chi connectivity index (χ0n) is 9.45. The molecule has 2 heterocycles. The van der Waals surface area contributed by atoms with Gasteiger partial charge in [0.05, 0.1) is 17.6 Å². The normalized spacial score (nSPS) is 10.5. The average Bonchev–Trinajstić information content (AvgIpc) is 3.08. The van der Waals surface area contributed by atoms with Crippen LogP contribution in [0.25, 0.3) is 16.9 Å². The lowest BCUT2D eigenvalue weighted by Crippen LogP contribution is -2.05.